The molecule has 2 unspecified atom stereocenters. The average molecular weight is 394 g/mol. The van der Waals surface area contributed by atoms with Crippen LogP contribution in [-0.2, 0) is 14.8 Å². The molecular formula is C20H31N3O3S. The Bertz CT molecular complexity index is 749. The molecule has 150 valence electrons. The second-order valence-electron chi connectivity index (χ2n) is 7.78. The number of hydrogen-bond donors (Lipinski definition) is 1. The van der Waals surface area contributed by atoms with Crippen molar-refractivity contribution in [2.75, 3.05) is 25.0 Å². The van der Waals surface area contributed by atoms with Gasteiger partial charge in [0.2, 0.25) is 15.9 Å². The largest absolute Gasteiger partial charge is 0.376 e. The van der Waals surface area contributed by atoms with Gasteiger partial charge in [0.05, 0.1) is 11.4 Å². The Morgan fingerprint density at radius 3 is 2.41 bits per heavy atom. The molecule has 6 nitrogen and oxygen atoms in total. The topological polar surface area (TPSA) is 69.7 Å². The summed E-state index contributed by atoms with van der Waals surface area (Å²) >= 11 is 0. The van der Waals surface area contributed by atoms with Gasteiger partial charge in [-0.1, -0.05) is 12.5 Å². The standard InChI is InChI=1S/C20H31N3O3S/c1-16-8-6-9-17(2)23(16)20(24)15-21-18-10-7-11-19(14-18)27(25,26)22-12-4-3-5-13-22/h7,10-11,14,16-17,21H,3-6,8-9,12-13,15H2,1-2H3. The molecule has 0 bridgehead atoms. The van der Waals surface area contributed by atoms with E-state index < -0.39 is 10.0 Å². The van der Waals surface area contributed by atoms with Gasteiger partial charge < -0.3 is 10.2 Å². The lowest BCUT2D eigenvalue weighted by molar-refractivity contribution is -0.135. The number of anilines is 1. The molecule has 0 radical (unpaired) electrons. The summed E-state index contributed by atoms with van der Waals surface area (Å²) in [5, 5.41) is 3.12. The fourth-order valence-corrected chi connectivity index (χ4v) is 5.77. The summed E-state index contributed by atoms with van der Waals surface area (Å²) in [5.74, 6) is 0.0685. The van der Waals surface area contributed by atoms with Gasteiger partial charge in [-0.25, -0.2) is 8.42 Å². The third kappa shape index (κ3) is 4.63. The van der Waals surface area contributed by atoms with Crippen LogP contribution in [-0.4, -0.2) is 55.2 Å². The maximum absolute atomic E-state index is 12.8. The smallest absolute Gasteiger partial charge is 0.243 e. The molecular weight excluding hydrogens is 362 g/mol. The number of hydrogen-bond acceptors (Lipinski definition) is 4. The Kier molecular flexibility index (Phi) is 6.42. The van der Waals surface area contributed by atoms with E-state index in [9.17, 15) is 13.2 Å². The van der Waals surface area contributed by atoms with Gasteiger partial charge in [0.1, 0.15) is 0 Å². The van der Waals surface area contributed by atoms with Crippen molar-refractivity contribution in [2.45, 2.75) is 69.4 Å². The van der Waals surface area contributed by atoms with Crippen LogP contribution in [0.15, 0.2) is 29.2 Å². The van der Waals surface area contributed by atoms with Gasteiger partial charge in [0, 0.05) is 30.9 Å². The quantitative estimate of drug-likeness (QED) is 0.835. The Labute approximate surface area is 163 Å². The van der Waals surface area contributed by atoms with Crippen LogP contribution >= 0.6 is 0 Å². The van der Waals surface area contributed by atoms with Crippen LogP contribution in [0.1, 0.15) is 52.4 Å². The van der Waals surface area contributed by atoms with Crippen molar-refractivity contribution in [3.05, 3.63) is 24.3 Å². The SMILES string of the molecule is CC1CCCC(C)N1C(=O)CNc1cccc(S(=O)(=O)N2CCCCC2)c1. The number of rotatable bonds is 5. The molecule has 27 heavy (non-hydrogen) atoms. The lowest BCUT2D eigenvalue weighted by atomic mass is 9.97. The monoisotopic (exact) mass is 393 g/mol. The second-order valence-corrected chi connectivity index (χ2v) is 9.71. The van der Waals surface area contributed by atoms with Crippen molar-refractivity contribution >= 4 is 21.6 Å². The highest BCUT2D eigenvalue weighted by molar-refractivity contribution is 7.89. The summed E-state index contributed by atoms with van der Waals surface area (Å²) in [6.45, 7) is 5.55. The van der Waals surface area contributed by atoms with Gasteiger partial charge in [-0.2, -0.15) is 4.31 Å². The van der Waals surface area contributed by atoms with Gasteiger partial charge in [0.25, 0.3) is 0 Å². The van der Waals surface area contributed by atoms with Crippen LogP contribution in [0.2, 0.25) is 0 Å². The minimum absolute atomic E-state index is 0.0685. The minimum atomic E-state index is -3.46. The predicted molar refractivity (Wildman–Crippen MR) is 107 cm³/mol. The highest BCUT2D eigenvalue weighted by atomic mass is 32.2. The van der Waals surface area contributed by atoms with Gasteiger partial charge in [-0.3, -0.25) is 4.79 Å². The van der Waals surface area contributed by atoms with Crippen molar-refractivity contribution in [1.82, 2.24) is 9.21 Å². The first kappa shape index (κ1) is 20.1. The molecule has 2 atom stereocenters. The van der Waals surface area contributed by atoms with Crippen molar-refractivity contribution < 1.29 is 13.2 Å². The summed E-state index contributed by atoms with van der Waals surface area (Å²) in [4.78, 5) is 14.9. The zero-order chi connectivity index (χ0) is 19.4. The number of nitrogens with zero attached hydrogens (tertiary/aromatic N) is 2. The van der Waals surface area contributed by atoms with E-state index in [2.05, 4.69) is 19.2 Å². The Balaban J connectivity index is 1.66. The molecule has 1 amide bonds. The molecule has 0 aliphatic carbocycles. The molecule has 0 aromatic heterocycles. The summed E-state index contributed by atoms with van der Waals surface area (Å²) < 4.78 is 27.2. The summed E-state index contributed by atoms with van der Waals surface area (Å²) in [6, 6.07) is 7.33. The molecule has 1 N–H and O–H groups in total. The summed E-state index contributed by atoms with van der Waals surface area (Å²) in [5.41, 5.74) is 0.666. The highest BCUT2D eigenvalue weighted by Crippen LogP contribution is 2.24. The number of carbonyl (C=O) groups is 1. The normalized spacial score (nSPS) is 24.6. The molecule has 2 aliphatic rings. The van der Waals surface area contributed by atoms with Gasteiger partial charge >= 0.3 is 0 Å². The van der Waals surface area contributed by atoms with Gasteiger partial charge in [-0.05, 0) is 64.2 Å². The number of likely N-dealkylation sites (tertiary alicyclic amines) is 1. The van der Waals surface area contributed by atoms with Crippen LogP contribution in [0.4, 0.5) is 5.69 Å². The Morgan fingerprint density at radius 1 is 1.07 bits per heavy atom. The second kappa shape index (κ2) is 8.61. The molecule has 2 aliphatic heterocycles. The molecule has 3 rings (SSSR count). The number of piperidine rings is 2. The Morgan fingerprint density at radius 2 is 1.74 bits per heavy atom. The molecule has 0 saturated carbocycles. The van der Waals surface area contributed by atoms with Crippen molar-refractivity contribution in [3.63, 3.8) is 0 Å². The maximum Gasteiger partial charge on any atom is 0.243 e. The first-order valence-corrected chi connectivity index (χ1v) is 11.5. The van der Waals surface area contributed by atoms with E-state index in [1.54, 1.807) is 22.5 Å². The molecule has 1 aromatic rings. The van der Waals surface area contributed by atoms with Gasteiger partial charge in [-0.15, -0.1) is 0 Å². The number of carbonyl (C=O) groups excluding carboxylic acids is 1. The van der Waals surface area contributed by atoms with Crippen LogP contribution in [0.5, 0.6) is 0 Å². The summed E-state index contributed by atoms with van der Waals surface area (Å²) in [7, 11) is -3.46. The first-order chi connectivity index (χ1) is 12.9. The minimum Gasteiger partial charge on any atom is -0.376 e. The van der Waals surface area contributed by atoms with E-state index in [0.717, 1.165) is 38.5 Å². The van der Waals surface area contributed by atoms with E-state index in [-0.39, 0.29) is 24.5 Å². The summed E-state index contributed by atoms with van der Waals surface area (Å²) in [6.07, 6.45) is 6.16. The molecule has 1 aromatic carbocycles. The van der Waals surface area contributed by atoms with Crippen molar-refractivity contribution in [2.24, 2.45) is 0 Å². The van der Waals surface area contributed by atoms with E-state index in [1.165, 1.54) is 0 Å². The Hall–Kier alpha value is -1.60. The predicted octanol–water partition coefficient (Wildman–Crippen LogP) is 3.06. The fraction of sp³-hybridized carbons (Fsp3) is 0.650. The number of sulfonamides is 1. The number of benzene rings is 1. The van der Waals surface area contributed by atoms with Crippen LogP contribution in [0, 0.1) is 0 Å². The molecule has 2 saturated heterocycles. The van der Waals surface area contributed by atoms with Crippen molar-refractivity contribution in [1.29, 1.82) is 0 Å². The van der Waals surface area contributed by atoms with E-state index in [1.807, 2.05) is 11.0 Å². The zero-order valence-corrected chi connectivity index (χ0v) is 17.2. The van der Waals surface area contributed by atoms with E-state index >= 15 is 0 Å². The molecule has 0 spiro atoms. The third-order valence-electron chi connectivity index (χ3n) is 5.71. The molecule has 2 heterocycles. The lowest BCUT2D eigenvalue weighted by Gasteiger charge is -2.39. The third-order valence-corrected chi connectivity index (χ3v) is 7.61. The number of nitrogens with one attached hydrogen (secondary N) is 1. The van der Waals surface area contributed by atoms with Crippen LogP contribution in [0.25, 0.3) is 0 Å². The molecule has 2 fully saturated rings. The first-order valence-electron chi connectivity index (χ1n) is 10.0. The maximum atomic E-state index is 12.8. The highest BCUT2D eigenvalue weighted by Gasteiger charge is 2.29. The number of amides is 1. The molecule has 7 heteroatoms. The van der Waals surface area contributed by atoms with Crippen molar-refractivity contribution in [3.8, 4) is 0 Å². The van der Waals surface area contributed by atoms with Crippen LogP contribution < -0.4 is 5.32 Å². The van der Waals surface area contributed by atoms with Crippen LogP contribution in [0.3, 0.4) is 0 Å². The van der Waals surface area contributed by atoms with E-state index in [4.69, 9.17) is 0 Å². The zero-order valence-electron chi connectivity index (χ0n) is 16.4. The fourth-order valence-electron chi connectivity index (χ4n) is 4.20. The lowest BCUT2D eigenvalue weighted by Crippen LogP contribution is -2.49. The van der Waals surface area contributed by atoms with Gasteiger partial charge in [0.15, 0.2) is 0 Å². The van der Waals surface area contributed by atoms with E-state index in [0.29, 0.717) is 23.7 Å². The average Bonchev–Trinajstić information content (AvgIpc) is 2.67.